The molecular formula is C12H14ClN5O. The molecule has 2 heterocycles. The lowest BCUT2D eigenvalue weighted by Gasteiger charge is -2.22. The standard InChI is InChI=1S/C12H14ClN5O/c13-9-5-8(6-10(14)7-9)12-15-16-17-18(12)11-1-3-19-4-2-11/h5-7,11H,1-4,14H2. The number of nitrogens with zero attached hydrogens (tertiary/aromatic N) is 4. The number of nitrogen functional groups attached to an aromatic ring is 1. The molecule has 100 valence electrons. The zero-order chi connectivity index (χ0) is 13.2. The molecule has 0 amide bonds. The average Bonchev–Trinajstić information content (AvgIpc) is 2.88. The van der Waals surface area contributed by atoms with Crippen LogP contribution in [0.25, 0.3) is 11.4 Å². The predicted molar refractivity (Wildman–Crippen MR) is 71.8 cm³/mol. The molecule has 0 spiro atoms. The lowest BCUT2D eigenvalue weighted by molar-refractivity contribution is 0.0662. The van der Waals surface area contributed by atoms with Crippen molar-refractivity contribution in [2.24, 2.45) is 0 Å². The van der Waals surface area contributed by atoms with Gasteiger partial charge in [0.05, 0.1) is 6.04 Å². The molecule has 0 atom stereocenters. The SMILES string of the molecule is Nc1cc(Cl)cc(-c2nnnn2C2CCOCC2)c1. The Kier molecular flexibility index (Phi) is 3.35. The Balaban J connectivity index is 1.98. The van der Waals surface area contributed by atoms with Gasteiger partial charge in [-0.05, 0) is 41.5 Å². The van der Waals surface area contributed by atoms with Gasteiger partial charge in [0.25, 0.3) is 0 Å². The van der Waals surface area contributed by atoms with Crippen LogP contribution in [0.3, 0.4) is 0 Å². The lowest BCUT2D eigenvalue weighted by atomic mass is 10.1. The van der Waals surface area contributed by atoms with Gasteiger partial charge in [-0.1, -0.05) is 11.6 Å². The van der Waals surface area contributed by atoms with Crippen LogP contribution in [0.15, 0.2) is 18.2 Å². The van der Waals surface area contributed by atoms with E-state index >= 15 is 0 Å². The molecule has 3 rings (SSSR count). The van der Waals surface area contributed by atoms with Crippen molar-refractivity contribution in [2.45, 2.75) is 18.9 Å². The summed E-state index contributed by atoms with van der Waals surface area (Å²) in [5.41, 5.74) is 7.25. The minimum atomic E-state index is 0.263. The smallest absolute Gasteiger partial charge is 0.182 e. The summed E-state index contributed by atoms with van der Waals surface area (Å²) in [6.45, 7) is 1.48. The number of ether oxygens (including phenoxy) is 1. The fourth-order valence-electron chi connectivity index (χ4n) is 2.30. The third-order valence-electron chi connectivity index (χ3n) is 3.21. The zero-order valence-electron chi connectivity index (χ0n) is 10.3. The van der Waals surface area contributed by atoms with E-state index in [-0.39, 0.29) is 6.04 Å². The maximum atomic E-state index is 6.03. The second-order valence-corrected chi connectivity index (χ2v) is 5.00. The number of hydrogen-bond acceptors (Lipinski definition) is 5. The number of rotatable bonds is 2. The normalized spacial score (nSPS) is 16.7. The average molecular weight is 280 g/mol. The van der Waals surface area contributed by atoms with Gasteiger partial charge < -0.3 is 10.5 Å². The summed E-state index contributed by atoms with van der Waals surface area (Å²) in [5, 5.41) is 12.5. The van der Waals surface area contributed by atoms with E-state index in [0.717, 1.165) is 31.6 Å². The summed E-state index contributed by atoms with van der Waals surface area (Å²) >= 11 is 6.03. The molecule has 19 heavy (non-hydrogen) atoms. The first-order valence-electron chi connectivity index (χ1n) is 6.16. The van der Waals surface area contributed by atoms with E-state index in [9.17, 15) is 0 Å². The van der Waals surface area contributed by atoms with Gasteiger partial charge in [-0.25, -0.2) is 4.68 Å². The van der Waals surface area contributed by atoms with Crippen molar-refractivity contribution >= 4 is 17.3 Å². The van der Waals surface area contributed by atoms with E-state index < -0.39 is 0 Å². The lowest BCUT2D eigenvalue weighted by Crippen LogP contribution is -2.21. The molecular weight excluding hydrogens is 266 g/mol. The minimum absolute atomic E-state index is 0.263. The van der Waals surface area contributed by atoms with E-state index in [2.05, 4.69) is 15.5 Å². The van der Waals surface area contributed by atoms with Gasteiger partial charge >= 0.3 is 0 Å². The summed E-state index contributed by atoms with van der Waals surface area (Å²) < 4.78 is 7.20. The topological polar surface area (TPSA) is 78.9 Å². The largest absolute Gasteiger partial charge is 0.399 e. The fourth-order valence-corrected chi connectivity index (χ4v) is 2.54. The molecule has 1 aliphatic heterocycles. The maximum Gasteiger partial charge on any atom is 0.182 e. The van der Waals surface area contributed by atoms with Crippen LogP contribution in [0.2, 0.25) is 5.02 Å². The second kappa shape index (κ2) is 5.14. The molecule has 0 aliphatic carbocycles. The summed E-state index contributed by atoms with van der Waals surface area (Å²) in [6.07, 6.45) is 1.82. The fraction of sp³-hybridized carbons (Fsp3) is 0.417. The number of benzene rings is 1. The summed E-state index contributed by atoms with van der Waals surface area (Å²) in [5.74, 6) is 0.695. The Hall–Kier alpha value is -1.66. The van der Waals surface area contributed by atoms with Gasteiger partial charge in [0, 0.05) is 29.5 Å². The van der Waals surface area contributed by atoms with Gasteiger partial charge in [0.1, 0.15) is 0 Å². The van der Waals surface area contributed by atoms with Crippen molar-refractivity contribution in [2.75, 3.05) is 18.9 Å². The third-order valence-corrected chi connectivity index (χ3v) is 3.43. The van der Waals surface area contributed by atoms with E-state index in [4.69, 9.17) is 22.1 Å². The number of hydrogen-bond donors (Lipinski definition) is 1. The summed E-state index contributed by atoms with van der Waals surface area (Å²) in [6, 6.07) is 5.61. The van der Waals surface area contributed by atoms with E-state index in [1.807, 2.05) is 16.8 Å². The van der Waals surface area contributed by atoms with Gasteiger partial charge in [0.2, 0.25) is 0 Å². The predicted octanol–water partition coefficient (Wildman–Crippen LogP) is 1.93. The number of anilines is 1. The van der Waals surface area contributed by atoms with Crippen molar-refractivity contribution in [1.82, 2.24) is 20.2 Å². The van der Waals surface area contributed by atoms with Gasteiger partial charge in [-0.3, -0.25) is 0 Å². The summed E-state index contributed by atoms with van der Waals surface area (Å²) in [7, 11) is 0. The van der Waals surface area contributed by atoms with Crippen LogP contribution in [-0.4, -0.2) is 33.4 Å². The Morgan fingerprint density at radius 1 is 1.26 bits per heavy atom. The Labute approximate surface area is 115 Å². The van der Waals surface area contributed by atoms with Crippen LogP contribution < -0.4 is 5.73 Å². The van der Waals surface area contributed by atoms with Crippen molar-refractivity contribution < 1.29 is 4.74 Å². The van der Waals surface area contributed by atoms with E-state index in [0.29, 0.717) is 16.5 Å². The van der Waals surface area contributed by atoms with Crippen molar-refractivity contribution in [1.29, 1.82) is 0 Å². The summed E-state index contributed by atoms with van der Waals surface area (Å²) in [4.78, 5) is 0. The van der Waals surface area contributed by atoms with Gasteiger partial charge in [-0.2, -0.15) is 0 Å². The number of tetrazole rings is 1. The molecule has 1 aromatic heterocycles. The molecule has 2 aromatic rings. The maximum absolute atomic E-state index is 6.03. The quantitative estimate of drug-likeness (QED) is 0.850. The molecule has 1 fully saturated rings. The highest BCUT2D eigenvalue weighted by atomic mass is 35.5. The van der Waals surface area contributed by atoms with Crippen molar-refractivity contribution in [3.05, 3.63) is 23.2 Å². The Morgan fingerprint density at radius 3 is 2.79 bits per heavy atom. The Bertz CT molecular complexity index is 559. The van der Waals surface area contributed by atoms with Crippen LogP contribution in [0.4, 0.5) is 5.69 Å². The molecule has 0 saturated carbocycles. The molecule has 2 N–H and O–H groups in total. The highest BCUT2D eigenvalue weighted by Gasteiger charge is 2.21. The highest BCUT2D eigenvalue weighted by Crippen LogP contribution is 2.28. The Morgan fingerprint density at radius 2 is 2.05 bits per heavy atom. The minimum Gasteiger partial charge on any atom is -0.399 e. The molecule has 7 heteroatoms. The molecule has 0 radical (unpaired) electrons. The number of aromatic nitrogens is 4. The van der Waals surface area contributed by atoms with Crippen LogP contribution in [0, 0.1) is 0 Å². The first kappa shape index (κ1) is 12.4. The number of nitrogens with two attached hydrogens (primary N) is 1. The molecule has 1 saturated heterocycles. The molecule has 0 unspecified atom stereocenters. The zero-order valence-corrected chi connectivity index (χ0v) is 11.0. The molecule has 6 nitrogen and oxygen atoms in total. The molecule has 1 aliphatic rings. The van der Waals surface area contributed by atoms with Crippen LogP contribution in [-0.2, 0) is 4.74 Å². The van der Waals surface area contributed by atoms with Crippen molar-refractivity contribution in [3.8, 4) is 11.4 Å². The monoisotopic (exact) mass is 279 g/mol. The van der Waals surface area contributed by atoms with Crippen molar-refractivity contribution in [3.63, 3.8) is 0 Å². The van der Waals surface area contributed by atoms with E-state index in [1.54, 1.807) is 6.07 Å². The van der Waals surface area contributed by atoms with Gasteiger partial charge in [-0.15, -0.1) is 5.10 Å². The first-order valence-corrected chi connectivity index (χ1v) is 6.54. The molecule has 0 bridgehead atoms. The van der Waals surface area contributed by atoms with Gasteiger partial charge in [0.15, 0.2) is 5.82 Å². The van der Waals surface area contributed by atoms with E-state index in [1.165, 1.54) is 0 Å². The van der Waals surface area contributed by atoms with Crippen LogP contribution >= 0.6 is 11.6 Å². The van der Waals surface area contributed by atoms with Crippen LogP contribution in [0.5, 0.6) is 0 Å². The highest BCUT2D eigenvalue weighted by molar-refractivity contribution is 6.31. The second-order valence-electron chi connectivity index (χ2n) is 4.56. The number of halogens is 1. The third kappa shape index (κ3) is 2.54. The molecule has 1 aromatic carbocycles. The first-order chi connectivity index (χ1) is 9.24. The van der Waals surface area contributed by atoms with Crippen LogP contribution in [0.1, 0.15) is 18.9 Å².